The first kappa shape index (κ1) is 16.8. The third-order valence-corrected chi connectivity index (χ3v) is 4.32. The van der Waals surface area contributed by atoms with Crippen LogP contribution in [0.3, 0.4) is 0 Å². The Kier molecular flexibility index (Phi) is 5.19. The van der Waals surface area contributed by atoms with Crippen LogP contribution in [0.1, 0.15) is 18.9 Å². The Balaban J connectivity index is 2.29. The zero-order chi connectivity index (χ0) is 16.9. The summed E-state index contributed by atoms with van der Waals surface area (Å²) in [6.07, 6.45) is 0.775. The van der Waals surface area contributed by atoms with E-state index in [4.69, 9.17) is 10.00 Å². The van der Waals surface area contributed by atoms with Crippen LogP contribution in [0.15, 0.2) is 47.4 Å². The SMILES string of the molecule is CCCOc1ccc(S(=O)(=O)Nc2ccc(F)cc2)cc1C#N. The average molecular weight is 334 g/mol. The molecule has 5 nitrogen and oxygen atoms in total. The Morgan fingerprint density at radius 1 is 1.22 bits per heavy atom. The number of benzene rings is 2. The highest BCUT2D eigenvalue weighted by molar-refractivity contribution is 7.92. The molecule has 23 heavy (non-hydrogen) atoms. The second kappa shape index (κ2) is 7.11. The minimum absolute atomic E-state index is 0.0674. The summed E-state index contributed by atoms with van der Waals surface area (Å²) in [7, 11) is -3.88. The highest BCUT2D eigenvalue weighted by atomic mass is 32.2. The van der Waals surface area contributed by atoms with Crippen LogP contribution >= 0.6 is 0 Å². The molecule has 120 valence electrons. The van der Waals surface area contributed by atoms with Crippen LogP contribution in [-0.2, 0) is 10.0 Å². The van der Waals surface area contributed by atoms with Crippen molar-refractivity contribution in [3.63, 3.8) is 0 Å². The van der Waals surface area contributed by atoms with E-state index < -0.39 is 15.8 Å². The molecule has 2 rings (SSSR count). The zero-order valence-electron chi connectivity index (χ0n) is 12.4. The molecule has 0 spiro atoms. The quantitative estimate of drug-likeness (QED) is 0.879. The van der Waals surface area contributed by atoms with Gasteiger partial charge in [0.25, 0.3) is 10.0 Å². The standard InChI is InChI=1S/C16H15FN2O3S/c1-2-9-22-16-8-7-15(10-12(16)11-18)23(20,21)19-14-5-3-13(17)4-6-14/h3-8,10,19H,2,9H2,1H3. The Hall–Kier alpha value is -2.59. The molecule has 0 saturated heterocycles. The fourth-order valence-corrected chi connectivity index (χ4v) is 2.92. The molecule has 7 heteroatoms. The first-order valence-corrected chi connectivity index (χ1v) is 8.40. The van der Waals surface area contributed by atoms with Crippen LogP contribution in [0.2, 0.25) is 0 Å². The maximum absolute atomic E-state index is 12.9. The summed E-state index contributed by atoms with van der Waals surface area (Å²) in [6.45, 7) is 2.37. The van der Waals surface area contributed by atoms with Crippen LogP contribution in [0.5, 0.6) is 5.75 Å². The zero-order valence-corrected chi connectivity index (χ0v) is 13.2. The maximum Gasteiger partial charge on any atom is 0.261 e. The minimum atomic E-state index is -3.88. The highest BCUT2D eigenvalue weighted by Gasteiger charge is 2.17. The van der Waals surface area contributed by atoms with Crippen LogP contribution in [0.4, 0.5) is 10.1 Å². The van der Waals surface area contributed by atoms with Gasteiger partial charge in [-0.2, -0.15) is 5.26 Å². The topological polar surface area (TPSA) is 79.2 Å². The molecule has 0 heterocycles. The number of hydrogen-bond acceptors (Lipinski definition) is 4. The van der Waals surface area contributed by atoms with E-state index in [1.807, 2.05) is 13.0 Å². The van der Waals surface area contributed by atoms with Gasteiger partial charge in [-0.25, -0.2) is 12.8 Å². The average Bonchev–Trinajstić information content (AvgIpc) is 2.54. The first-order valence-electron chi connectivity index (χ1n) is 6.91. The van der Waals surface area contributed by atoms with Crippen molar-refractivity contribution >= 4 is 15.7 Å². The van der Waals surface area contributed by atoms with Gasteiger partial charge in [0.2, 0.25) is 0 Å². The van der Waals surface area contributed by atoms with Gasteiger partial charge >= 0.3 is 0 Å². The van der Waals surface area contributed by atoms with Crippen molar-refractivity contribution in [3.8, 4) is 11.8 Å². The molecule has 0 aromatic heterocycles. The van der Waals surface area contributed by atoms with Crippen molar-refractivity contribution < 1.29 is 17.5 Å². The molecule has 0 bridgehead atoms. The summed E-state index contributed by atoms with van der Waals surface area (Å²) in [4.78, 5) is -0.0674. The van der Waals surface area contributed by atoms with Gasteiger partial charge in [0.15, 0.2) is 0 Å². The Labute approximate surface area is 134 Å². The molecule has 2 aromatic carbocycles. The normalized spacial score (nSPS) is 10.8. The number of nitriles is 1. The Bertz CT molecular complexity index is 827. The lowest BCUT2D eigenvalue weighted by Gasteiger charge is -2.11. The van der Waals surface area contributed by atoms with Gasteiger partial charge in [0, 0.05) is 5.69 Å². The van der Waals surface area contributed by atoms with Crippen molar-refractivity contribution in [1.29, 1.82) is 5.26 Å². The lowest BCUT2D eigenvalue weighted by Crippen LogP contribution is -2.13. The van der Waals surface area contributed by atoms with Crippen molar-refractivity contribution in [2.75, 3.05) is 11.3 Å². The predicted octanol–water partition coefficient (Wildman–Crippen LogP) is 3.29. The number of hydrogen-bond donors (Lipinski definition) is 1. The second-order valence-electron chi connectivity index (χ2n) is 4.73. The second-order valence-corrected chi connectivity index (χ2v) is 6.41. The van der Waals surface area contributed by atoms with Gasteiger partial charge in [-0.15, -0.1) is 0 Å². The molecule has 0 aliphatic carbocycles. The largest absolute Gasteiger partial charge is 0.492 e. The Morgan fingerprint density at radius 2 is 1.91 bits per heavy atom. The van der Waals surface area contributed by atoms with Crippen molar-refractivity contribution in [3.05, 3.63) is 53.8 Å². The monoisotopic (exact) mass is 334 g/mol. The van der Waals surface area contributed by atoms with Crippen LogP contribution in [0, 0.1) is 17.1 Å². The van der Waals surface area contributed by atoms with Crippen molar-refractivity contribution in [1.82, 2.24) is 0 Å². The number of ether oxygens (including phenoxy) is 1. The van der Waals surface area contributed by atoms with E-state index in [1.165, 1.54) is 30.3 Å². The number of sulfonamides is 1. The van der Waals surface area contributed by atoms with E-state index in [2.05, 4.69) is 4.72 Å². The molecule has 0 unspecified atom stereocenters. The summed E-state index contributed by atoms with van der Waals surface area (Å²) in [5.41, 5.74) is 0.372. The number of halogens is 1. The molecular formula is C16H15FN2O3S. The fraction of sp³-hybridized carbons (Fsp3) is 0.188. The molecule has 1 N–H and O–H groups in total. The van der Waals surface area contributed by atoms with E-state index in [-0.39, 0.29) is 16.1 Å². The molecule has 0 aliphatic rings. The van der Waals surface area contributed by atoms with Gasteiger partial charge in [-0.3, -0.25) is 4.72 Å². The third kappa shape index (κ3) is 4.20. The molecule has 0 atom stereocenters. The van der Waals surface area contributed by atoms with Crippen molar-refractivity contribution in [2.24, 2.45) is 0 Å². The molecule has 0 saturated carbocycles. The maximum atomic E-state index is 12.9. The summed E-state index contributed by atoms with van der Waals surface area (Å²) in [6, 6.07) is 10.9. The summed E-state index contributed by atoms with van der Waals surface area (Å²) in [5.74, 6) is -0.118. The third-order valence-electron chi connectivity index (χ3n) is 2.94. The van der Waals surface area contributed by atoms with Gasteiger partial charge in [-0.1, -0.05) is 6.92 Å². The summed E-state index contributed by atoms with van der Waals surface area (Å²) < 4.78 is 45.2. The van der Waals surface area contributed by atoms with E-state index in [0.717, 1.165) is 18.6 Å². The smallest absolute Gasteiger partial charge is 0.261 e. The number of nitrogens with one attached hydrogen (secondary N) is 1. The lowest BCUT2D eigenvalue weighted by molar-refractivity contribution is 0.316. The predicted molar refractivity (Wildman–Crippen MR) is 84.2 cm³/mol. The minimum Gasteiger partial charge on any atom is -0.492 e. The van der Waals surface area contributed by atoms with E-state index >= 15 is 0 Å². The van der Waals surface area contributed by atoms with E-state index in [1.54, 1.807) is 0 Å². The van der Waals surface area contributed by atoms with Gasteiger partial charge in [0.05, 0.1) is 17.1 Å². The molecule has 0 amide bonds. The summed E-state index contributed by atoms with van der Waals surface area (Å²) in [5, 5.41) is 9.14. The molecule has 0 fully saturated rings. The van der Waals surface area contributed by atoms with Gasteiger partial charge in [-0.05, 0) is 48.9 Å². The molecule has 0 radical (unpaired) electrons. The van der Waals surface area contributed by atoms with Crippen LogP contribution < -0.4 is 9.46 Å². The van der Waals surface area contributed by atoms with E-state index in [0.29, 0.717) is 12.4 Å². The van der Waals surface area contributed by atoms with Crippen LogP contribution in [-0.4, -0.2) is 15.0 Å². The van der Waals surface area contributed by atoms with Gasteiger partial charge in [0.1, 0.15) is 17.6 Å². The molecule has 0 aliphatic heterocycles. The van der Waals surface area contributed by atoms with Crippen molar-refractivity contribution in [2.45, 2.75) is 18.2 Å². The first-order chi connectivity index (χ1) is 11.0. The van der Waals surface area contributed by atoms with Crippen LogP contribution in [0.25, 0.3) is 0 Å². The lowest BCUT2D eigenvalue weighted by atomic mass is 10.2. The number of anilines is 1. The number of nitrogens with zero attached hydrogens (tertiary/aromatic N) is 1. The molecular weight excluding hydrogens is 319 g/mol. The van der Waals surface area contributed by atoms with E-state index in [9.17, 15) is 12.8 Å². The van der Waals surface area contributed by atoms with Gasteiger partial charge < -0.3 is 4.74 Å². The highest BCUT2D eigenvalue weighted by Crippen LogP contribution is 2.24. The molecule has 2 aromatic rings. The fourth-order valence-electron chi connectivity index (χ4n) is 1.83. The number of rotatable bonds is 6. The Morgan fingerprint density at radius 3 is 2.52 bits per heavy atom. The summed E-state index contributed by atoms with van der Waals surface area (Å²) >= 11 is 0.